The largest absolute Gasteiger partial charge is 0.357 e. The van der Waals surface area contributed by atoms with Gasteiger partial charge in [-0.25, -0.2) is 4.98 Å². The van der Waals surface area contributed by atoms with E-state index in [2.05, 4.69) is 52.7 Å². The highest BCUT2D eigenvalue weighted by Crippen LogP contribution is 2.21. The molecule has 2 aliphatic rings. The lowest BCUT2D eigenvalue weighted by atomic mass is 9.92. The average molecular weight is 577 g/mol. The number of guanidine groups is 1. The number of aryl methyl sites for hydroxylation is 1. The third kappa shape index (κ3) is 8.13. The smallest absolute Gasteiger partial charge is 0.236 e. The molecule has 0 aromatic carbocycles. The summed E-state index contributed by atoms with van der Waals surface area (Å²) in [5.41, 5.74) is 0. The van der Waals surface area contributed by atoms with Gasteiger partial charge in [-0.2, -0.15) is 0 Å². The SMILES string of the molecule is CCNC(=NCCc1ncc(CC)s1)N1CCN(CC(=O)N2CC(C)CC(C)C2)CC1.I. The third-order valence-corrected chi connectivity index (χ3v) is 7.33. The monoisotopic (exact) mass is 576 g/mol. The fourth-order valence-corrected chi connectivity index (χ4v) is 5.44. The second-order valence-electron chi connectivity index (χ2n) is 9.07. The van der Waals surface area contributed by atoms with E-state index in [0.29, 0.717) is 24.3 Å². The Kier molecular flexibility index (Phi) is 11.7. The number of rotatable bonds is 7. The number of amides is 1. The van der Waals surface area contributed by atoms with Crippen molar-refractivity contribution in [1.29, 1.82) is 0 Å². The highest BCUT2D eigenvalue weighted by atomic mass is 127. The number of aromatic nitrogens is 1. The van der Waals surface area contributed by atoms with Gasteiger partial charge < -0.3 is 15.1 Å². The van der Waals surface area contributed by atoms with Gasteiger partial charge in [0.1, 0.15) is 0 Å². The van der Waals surface area contributed by atoms with Crippen LogP contribution in [-0.4, -0.2) is 90.5 Å². The molecule has 7 nitrogen and oxygen atoms in total. The number of piperazine rings is 1. The zero-order chi connectivity index (χ0) is 22.2. The lowest BCUT2D eigenvalue weighted by Gasteiger charge is -2.39. The van der Waals surface area contributed by atoms with Crippen molar-refractivity contribution >= 4 is 47.2 Å². The zero-order valence-corrected chi connectivity index (χ0v) is 23.3. The molecule has 1 aromatic heterocycles. The van der Waals surface area contributed by atoms with E-state index < -0.39 is 0 Å². The molecule has 0 spiro atoms. The maximum atomic E-state index is 12.8. The molecular formula is C23H41IN6OS. The summed E-state index contributed by atoms with van der Waals surface area (Å²) < 4.78 is 0. The summed E-state index contributed by atoms with van der Waals surface area (Å²) in [4.78, 5) is 30.2. The molecule has 0 bridgehead atoms. The van der Waals surface area contributed by atoms with Crippen LogP contribution in [0.3, 0.4) is 0 Å². The number of carbonyl (C=O) groups excluding carboxylic acids is 1. The van der Waals surface area contributed by atoms with Gasteiger partial charge in [-0.05, 0) is 31.6 Å². The molecule has 182 valence electrons. The van der Waals surface area contributed by atoms with Crippen LogP contribution in [0, 0.1) is 11.8 Å². The van der Waals surface area contributed by atoms with E-state index in [-0.39, 0.29) is 24.0 Å². The Labute approximate surface area is 215 Å². The lowest BCUT2D eigenvalue weighted by molar-refractivity contribution is -0.135. The van der Waals surface area contributed by atoms with Gasteiger partial charge in [-0.15, -0.1) is 35.3 Å². The maximum Gasteiger partial charge on any atom is 0.236 e. The van der Waals surface area contributed by atoms with Crippen molar-refractivity contribution in [1.82, 2.24) is 25.0 Å². The summed E-state index contributed by atoms with van der Waals surface area (Å²) in [7, 11) is 0. The number of aliphatic imine (C=N–C) groups is 1. The molecule has 9 heteroatoms. The number of nitrogens with one attached hydrogen (secondary N) is 1. The van der Waals surface area contributed by atoms with E-state index in [1.54, 1.807) is 11.3 Å². The van der Waals surface area contributed by atoms with E-state index in [1.807, 2.05) is 6.20 Å². The van der Waals surface area contributed by atoms with Crippen molar-refractivity contribution in [2.24, 2.45) is 16.8 Å². The van der Waals surface area contributed by atoms with E-state index in [9.17, 15) is 4.79 Å². The molecule has 32 heavy (non-hydrogen) atoms. The molecule has 1 aromatic rings. The van der Waals surface area contributed by atoms with Crippen LogP contribution in [0.5, 0.6) is 0 Å². The molecule has 0 radical (unpaired) electrons. The van der Waals surface area contributed by atoms with Crippen molar-refractivity contribution in [2.75, 3.05) is 58.9 Å². The Balaban J connectivity index is 0.00000363. The van der Waals surface area contributed by atoms with Crippen LogP contribution in [0.1, 0.15) is 44.0 Å². The van der Waals surface area contributed by atoms with Crippen LogP contribution >= 0.6 is 35.3 Å². The first-order valence-corrected chi connectivity index (χ1v) is 12.8. The number of nitrogens with zero attached hydrogens (tertiary/aromatic N) is 5. The van der Waals surface area contributed by atoms with E-state index in [0.717, 1.165) is 71.2 Å². The zero-order valence-electron chi connectivity index (χ0n) is 20.2. The minimum Gasteiger partial charge on any atom is -0.357 e. The number of piperidine rings is 1. The lowest BCUT2D eigenvalue weighted by Crippen LogP contribution is -2.55. The molecule has 3 heterocycles. The first kappa shape index (κ1) is 27.3. The van der Waals surface area contributed by atoms with Gasteiger partial charge in [0.25, 0.3) is 0 Å². The standard InChI is InChI=1S/C23H40N6OS.HI/c1-5-20-14-26-21(31-20)7-8-25-23(24-6-2)28-11-9-27(10-12-28)17-22(30)29-15-18(3)13-19(4)16-29;/h14,18-19H,5-13,15-17H2,1-4H3,(H,24,25);1H. The molecule has 2 fully saturated rings. The van der Waals surface area contributed by atoms with Gasteiger partial charge in [-0.1, -0.05) is 20.8 Å². The minimum absolute atomic E-state index is 0. The topological polar surface area (TPSA) is 64.1 Å². The molecule has 0 aliphatic carbocycles. The van der Waals surface area contributed by atoms with Crippen LogP contribution in [0.2, 0.25) is 0 Å². The predicted octanol–water partition coefficient (Wildman–Crippen LogP) is 2.95. The molecule has 1 amide bonds. The molecule has 2 saturated heterocycles. The summed E-state index contributed by atoms with van der Waals surface area (Å²) in [5.74, 6) is 2.50. The Morgan fingerprint density at radius 2 is 1.84 bits per heavy atom. The summed E-state index contributed by atoms with van der Waals surface area (Å²) >= 11 is 1.79. The number of halogens is 1. The van der Waals surface area contributed by atoms with E-state index in [4.69, 9.17) is 4.99 Å². The van der Waals surface area contributed by atoms with Crippen molar-refractivity contribution in [3.05, 3.63) is 16.1 Å². The van der Waals surface area contributed by atoms with E-state index in [1.165, 1.54) is 16.3 Å². The Morgan fingerprint density at radius 3 is 2.44 bits per heavy atom. The highest BCUT2D eigenvalue weighted by molar-refractivity contribution is 14.0. The van der Waals surface area contributed by atoms with Gasteiger partial charge in [-0.3, -0.25) is 14.7 Å². The molecule has 1 N–H and O–H groups in total. The van der Waals surface area contributed by atoms with Crippen molar-refractivity contribution in [2.45, 2.75) is 47.0 Å². The summed E-state index contributed by atoms with van der Waals surface area (Å²) in [6.07, 6.45) is 5.16. The fraction of sp³-hybridized carbons (Fsp3) is 0.783. The summed E-state index contributed by atoms with van der Waals surface area (Å²) in [5, 5.41) is 4.60. The Hall–Kier alpha value is -0.940. The maximum absolute atomic E-state index is 12.8. The van der Waals surface area contributed by atoms with Gasteiger partial charge in [0, 0.05) is 69.9 Å². The van der Waals surface area contributed by atoms with Crippen LogP contribution in [0.15, 0.2) is 11.2 Å². The van der Waals surface area contributed by atoms with Crippen molar-refractivity contribution < 1.29 is 4.79 Å². The minimum atomic E-state index is 0. The van der Waals surface area contributed by atoms with Gasteiger partial charge >= 0.3 is 0 Å². The van der Waals surface area contributed by atoms with Crippen LogP contribution in [0.25, 0.3) is 0 Å². The first-order chi connectivity index (χ1) is 15.0. The number of likely N-dealkylation sites (tertiary alicyclic amines) is 1. The van der Waals surface area contributed by atoms with Gasteiger partial charge in [0.15, 0.2) is 5.96 Å². The van der Waals surface area contributed by atoms with Gasteiger partial charge in [0.2, 0.25) is 5.91 Å². The van der Waals surface area contributed by atoms with Gasteiger partial charge in [0.05, 0.1) is 11.6 Å². The molecule has 3 rings (SSSR count). The van der Waals surface area contributed by atoms with Crippen LogP contribution in [0.4, 0.5) is 0 Å². The number of hydrogen-bond donors (Lipinski definition) is 1. The van der Waals surface area contributed by atoms with Crippen molar-refractivity contribution in [3.63, 3.8) is 0 Å². The molecule has 0 saturated carbocycles. The molecule has 2 unspecified atom stereocenters. The first-order valence-electron chi connectivity index (χ1n) is 11.9. The summed E-state index contributed by atoms with van der Waals surface area (Å²) in [6.45, 7) is 16.4. The van der Waals surface area contributed by atoms with Crippen LogP contribution in [-0.2, 0) is 17.6 Å². The number of hydrogen-bond acceptors (Lipinski definition) is 5. The highest BCUT2D eigenvalue weighted by Gasteiger charge is 2.28. The second kappa shape index (κ2) is 13.7. The number of carbonyl (C=O) groups is 1. The second-order valence-corrected chi connectivity index (χ2v) is 10.3. The fourth-order valence-electron chi connectivity index (χ4n) is 4.59. The van der Waals surface area contributed by atoms with E-state index >= 15 is 0 Å². The number of thiazole rings is 1. The molecule has 2 atom stereocenters. The predicted molar refractivity (Wildman–Crippen MR) is 144 cm³/mol. The van der Waals surface area contributed by atoms with Crippen molar-refractivity contribution in [3.8, 4) is 0 Å². The average Bonchev–Trinajstić information content (AvgIpc) is 3.21. The molecular weight excluding hydrogens is 535 g/mol. The molecule has 2 aliphatic heterocycles. The van der Waals surface area contributed by atoms with Crippen LogP contribution < -0.4 is 5.32 Å². The summed E-state index contributed by atoms with van der Waals surface area (Å²) in [6, 6.07) is 0. The Morgan fingerprint density at radius 1 is 1.16 bits per heavy atom. The Bertz CT molecular complexity index is 724. The quantitative estimate of drug-likeness (QED) is 0.307. The normalized spacial score (nSPS) is 22.6. The third-order valence-electron chi connectivity index (χ3n) is 6.12.